The Morgan fingerprint density at radius 2 is 2.17 bits per heavy atom. The van der Waals surface area contributed by atoms with E-state index in [1.165, 1.54) is 4.57 Å². The van der Waals surface area contributed by atoms with Gasteiger partial charge in [-0.15, -0.1) is 11.6 Å². The zero-order valence-electron chi connectivity index (χ0n) is 10.9. The van der Waals surface area contributed by atoms with E-state index in [1.807, 2.05) is 18.2 Å². The molecule has 0 radical (unpaired) electrons. The average Bonchev–Trinajstić information content (AvgIpc) is 2.64. The minimum atomic E-state index is -0.338. The Bertz CT molecular complexity index is 599. The molecule has 1 heterocycles. The molecule has 2 rings (SSSR count). The summed E-state index contributed by atoms with van der Waals surface area (Å²) in [4.78, 5) is 11.4. The lowest BCUT2D eigenvalue weighted by Gasteiger charge is -2.17. The minimum Gasteiger partial charge on any atom is -0.408 e. The van der Waals surface area contributed by atoms with Crippen LogP contribution in [0.5, 0.6) is 0 Å². The predicted molar refractivity (Wildman–Crippen MR) is 74.1 cm³/mol. The second-order valence-corrected chi connectivity index (χ2v) is 5.29. The molecule has 0 saturated carbocycles. The van der Waals surface area contributed by atoms with Gasteiger partial charge in [0.25, 0.3) is 0 Å². The van der Waals surface area contributed by atoms with Crippen LogP contribution >= 0.6 is 11.6 Å². The van der Waals surface area contributed by atoms with Crippen molar-refractivity contribution >= 4 is 22.7 Å². The van der Waals surface area contributed by atoms with Crippen molar-refractivity contribution in [3.63, 3.8) is 0 Å². The molecule has 3 nitrogen and oxygen atoms in total. The molecular formula is C14H18ClNO2. The summed E-state index contributed by atoms with van der Waals surface area (Å²) < 4.78 is 6.68. The lowest BCUT2D eigenvalue weighted by Crippen LogP contribution is -2.08. The normalized spacial score (nSPS) is 14.9. The highest BCUT2D eigenvalue weighted by atomic mass is 35.5. The predicted octanol–water partition coefficient (Wildman–Crippen LogP) is 3.85. The number of hydrogen-bond donors (Lipinski definition) is 0. The molecule has 0 saturated heterocycles. The number of fused-ring (bicyclic) bond motifs is 1. The monoisotopic (exact) mass is 267 g/mol. The average molecular weight is 268 g/mol. The van der Waals surface area contributed by atoms with Crippen LogP contribution in [0, 0.1) is 5.92 Å². The lowest BCUT2D eigenvalue weighted by atomic mass is 9.96. The summed E-state index contributed by atoms with van der Waals surface area (Å²) in [6.45, 7) is 4.30. The van der Waals surface area contributed by atoms with Gasteiger partial charge in [-0.2, -0.15) is 0 Å². The minimum absolute atomic E-state index is 0.0418. The molecule has 0 aliphatic heterocycles. The van der Waals surface area contributed by atoms with Gasteiger partial charge in [0.15, 0.2) is 5.58 Å². The molecule has 2 aromatic rings. The highest BCUT2D eigenvalue weighted by Gasteiger charge is 2.17. The summed E-state index contributed by atoms with van der Waals surface area (Å²) in [5.74, 6) is 0.0689. The van der Waals surface area contributed by atoms with Crippen molar-refractivity contribution in [3.05, 3.63) is 34.3 Å². The van der Waals surface area contributed by atoms with Gasteiger partial charge in [-0.3, -0.25) is 4.57 Å². The van der Waals surface area contributed by atoms with Crippen LogP contribution in [-0.2, 0) is 7.05 Å². The van der Waals surface area contributed by atoms with Crippen LogP contribution < -0.4 is 5.76 Å². The Balaban J connectivity index is 2.38. The van der Waals surface area contributed by atoms with E-state index in [4.69, 9.17) is 16.0 Å². The van der Waals surface area contributed by atoms with Crippen molar-refractivity contribution in [1.29, 1.82) is 0 Å². The van der Waals surface area contributed by atoms with E-state index in [0.29, 0.717) is 11.5 Å². The Kier molecular flexibility index (Phi) is 3.81. The molecule has 0 amide bonds. The number of oxazole rings is 1. The van der Waals surface area contributed by atoms with E-state index in [0.717, 1.165) is 23.9 Å². The van der Waals surface area contributed by atoms with Gasteiger partial charge >= 0.3 is 5.76 Å². The van der Waals surface area contributed by atoms with Crippen LogP contribution in [-0.4, -0.2) is 4.57 Å². The number of nitrogens with zero attached hydrogens (tertiary/aromatic N) is 1. The molecule has 0 bridgehead atoms. The van der Waals surface area contributed by atoms with Gasteiger partial charge in [0.1, 0.15) is 0 Å². The summed E-state index contributed by atoms with van der Waals surface area (Å²) in [5.41, 5.74) is 2.42. The summed E-state index contributed by atoms with van der Waals surface area (Å²) in [6.07, 6.45) is 2.21. The largest absolute Gasteiger partial charge is 0.419 e. The maximum absolute atomic E-state index is 11.4. The molecule has 0 aliphatic rings. The topological polar surface area (TPSA) is 35.1 Å². The van der Waals surface area contributed by atoms with Gasteiger partial charge in [-0.1, -0.05) is 26.3 Å². The van der Waals surface area contributed by atoms with Crippen molar-refractivity contribution in [2.45, 2.75) is 32.1 Å². The van der Waals surface area contributed by atoms with Gasteiger partial charge in [0.05, 0.1) is 10.9 Å². The standard InChI is InChI=1S/C14H18ClNO2/c1-4-5-9(2)13(15)10-6-7-11-12(8-10)18-14(17)16(11)3/h6-9,13H,4-5H2,1-3H3. The molecule has 0 fully saturated rings. The van der Waals surface area contributed by atoms with Crippen LogP contribution in [0.25, 0.3) is 11.1 Å². The van der Waals surface area contributed by atoms with Crippen molar-refractivity contribution in [3.8, 4) is 0 Å². The van der Waals surface area contributed by atoms with E-state index in [9.17, 15) is 4.79 Å². The molecule has 0 N–H and O–H groups in total. The van der Waals surface area contributed by atoms with Crippen LogP contribution in [0.4, 0.5) is 0 Å². The third-order valence-electron chi connectivity index (χ3n) is 3.38. The second kappa shape index (κ2) is 5.19. The van der Waals surface area contributed by atoms with Crippen molar-refractivity contribution < 1.29 is 4.42 Å². The van der Waals surface area contributed by atoms with Gasteiger partial charge in [-0.05, 0) is 30.0 Å². The molecule has 1 aromatic carbocycles. The number of rotatable bonds is 4. The van der Waals surface area contributed by atoms with E-state index in [-0.39, 0.29) is 11.1 Å². The number of aryl methyl sites for hydroxylation is 1. The smallest absolute Gasteiger partial charge is 0.408 e. The maximum atomic E-state index is 11.4. The SMILES string of the molecule is CCCC(C)C(Cl)c1ccc2c(c1)oc(=O)n2C. The number of benzene rings is 1. The van der Waals surface area contributed by atoms with E-state index in [2.05, 4.69) is 13.8 Å². The van der Waals surface area contributed by atoms with Crippen LogP contribution in [0.15, 0.2) is 27.4 Å². The van der Waals surface area contributed by atoms with Crippen LogP contribution in [0.1, 0.15) is 37.6 Å². The molecule has 0 aliphatic carbocycles. The van der Waals surface area contributed by atoms with Gasteiger partial charge in [0, 0.05) is 7.05 Å². The van der Waals surface area contributed by atoms with E-state index < -0.39 is 0 Å². The highest BCUT2D eigenvalue weighted by Crippen LogP contribution is 2.33. The first-order valence-corrected chi connectivity index (χ1v) is 6.71. The van der Waals surface area contributed by atoms with Crippen molar-refractivity contribution in [1.82, 2.24) is 4.57 Å². The summed E-state index contributed by atoms with van der Waals surface area (Å²) in [5, 5.41) is -0.0418. The summed E-state index contributed by atoms with van der Waals surface area (Å²) >= 11 is 6.46. The summed E-state index contributed by atoms with van der Waals surface area (Å²) in [7, 11) is 1.70. The third kappa shape index (κ3) is 2.32. The van der Waals surface area contributed by atoms with Gasteiger partial charge in [0.2, 0.25) is 0 Å². The fourth-order valence-electron chi connectivity index (χ4n) is 2.25. The van der Waals surface area contributed by atoms with Gasteiger partial charge in [-0.25, -0.2) is 4.79 Å². The first kappa shape index (κ1) is 13.2. The second-order valence-electron chi connectivity index (χ2n) is 4.82. The Morgan fingerprint density at radius 3 is 2.83 bits per heavy atom. The Labute approximate surface area is 111 Å². The van der Waals surface area contributed by atoms with E-state index >= 15 is 0 Å². The fourth-order valence-corrected chi connectivity index (χ4v) is 2.51. The maximum Gasteiger partial charge on any atom is 0.419 e. The molecule has 1 aromatic heterocycles. The first-order chi connectivity index (χ1) is 8.54. The zero-order valence-corrected chi connectivity index (χ0v) is 11.7. The molecule has 2 atom stereocenters. The molecule has 0 spiro atoms. The van der Waals surface area contributed by atoms with Crippen LogP contribution in [0.3, 0.4) is 0 Å². The molecule has 2 unspecified atom stereocenters. The van der Waals surface area contributed by atoms with Crippen LogP contribution in [0.2, 0.25) is 0 Å². The molecule has 98 valence electrons. The molecular weight excluding hydrogens is 250 g/mol. The fraction of sp³-hybridized carbons (Fsp3) is 0.500. The van der Waals surface area contributed by atoms with E-state index in [1.54, 1.807) is 7.05 Å². The Hall–Kier alpha value is -1.22. The number of aromatic nitrogens is 1. The zero-order chi connectivity index (χ0) is 13.3. The quantitative estimate of drug-likeness (QED) is 0.789. The number of hydrogen-bond acceptors (Lipinski definition) is 2. The first-order valence-electron chi connectivity index (χ1n) is 6.28. The lowest BCUT2D eigenvalue weighted by molar-refractivity contribution is 0.506. The third-order valence-corrected chi connectivity index (χ3v) is 4.06. The van der Waals surface area contributed by atoms with Crippen molar-refractivity contribution in [2.75, 3.05) is 0 Å². The number of alkyl halides is 1. The highest BCUT2D eigenvalue weighted by molar-refractivity contribution is 6.21. The van der Waals surface area contributed by atoms with Crippen molar-refractivity contribution in [2.24, 2.45) is 13.0 Å². The summed E-state index contributed by atoms with van der Waals surface area (Å²) in [6, 6.07) is 5.74. The van der Waals surface area contributed by atoms with Gasteiger partial charge < -0.3 is 4.42 Å². The molecule has 4 heteroatoms. The molecule has 18 heavy (non-hydrogen) atoms. The number of halogens is 1. The Morgan fingerprint density at radius 1 is 1.44 bits per heavy atom.